The fourth-order valence-electron chi connectivity index (χ4n) is 2.85. The van der Waals surface area contributed by atoms with Crippen LogP contribution < -0.4 is 10.4 Å². The summed E-state index contributed by atoms with van der Waals surface area (Å²) in [4.78, 5) is 0. The van der Waals surface area contributed by atoms with E-state index in [2.05, 4.69) is 91.6 Å². The van der Waals surface area contributed by atoms with Crippen LogP contribution in [0.25, 0.3) is 10.8 Å². The Morgan fingerprint density at radius 2 is 1.45 bits per heavy atom. The van der Waals surface area contributed by atoms with Crippen LogP contribution in [0.1, 0.15) is 0 Å². The lowest BCUT2D eigenvalue weighted by atomic mass is 10.1. The molecule has 0 amide bonds. The van der Waals surface area contributed by atoms with Gasteiger partial charge in [-0.3, -0.25) is 0 Å². The molecule has 1 atom stereocenters. The summed E-state index contributed by atoms with van der Waals surface area (Å²) in [7, 11) is -1.88. The molecule has 0 heterocycles. The Bertz CT molecular complexity index is 741. The van der Waals surface area contributed by atoms with Gasteiger partial charge in [0.15, 0.2) is 0 Å². The van der Waals surface area contributed by atoms with Crippen molar-refractivity contribution < 1.29 is 0 Å². The molecule has 0 bridgehead atoms. The predicted molar refractivity (Wildman–Crippen MR) is 91.5 cm³/mol. The fourth-order valence-corrected chi connectivity index (χ4v) is 5.73. The molecule has 0 radical (unpaired) electrons. The Kier molecular flexibility index (Phi) is 3.29. The summed E-state index contributed by atoms with van der Waals surface area (Å²) < 4.78 is 0. The minimum absolute atomic E-state index is 1.31. The Hall–Kier alpha value is -2.12. The zero-order valence-electron chi connectivity index (χ0n) is 11.7. The van der Waals surface area contributed by atoms with Crippen molar-refractivity contribution in [2.75, 3.05) is 0 Å². The highest BCUT2D eigenvalue weighted by molar-refractivity contribution is 7.06. The predicted octanol–water partition coefficient (Wildman–Crippen LogP) is 3.76. The van der Waals surface area contributed by atoms with Gasteiger partial charge in [-0.05, 0) is 16.0 Å². The number of fused-ring (bicyclic) bond motifs is 1. The molecule has 20 heavy (non-hydrogen) atoms. The maximum absolute atomic E-state index is 4.15. The van der Waals surface area contributed by atoms with Crippen molar-refractivity contribution in [3.05, 3.63) is 85.1 Å². The molecule has 3 aromatic rings. The SMILES string of the molecule is C=C[Si@@](C)(c1ccccc1)c1cccc2ccccc12. The molecule has 0 aliphatic rings. The molecule has 0 spiro atoms. The Morgan fingerprint density at radius 1 is 0.800 bits per heavy atom. The molecular formula is C19H18Si. The van der Waals surface area contributed by atoms with Crippen LogP contribution in [0.5, 0.6) is 0 Å². The fraction of sp³-hybridized carbons (Fsp3) is 0.0526. The summed E-state index contributed by atoms with van der Waals surface area (Å²) in [5.41, 5.74) is 2.18. The highest BCUT2D eigenvalue weighted by Crippen LogP contribution is 2.16. The third-order valence-electron chi connectivity index (χ3n) is 4.13. The topological polar surface area (TPSA) is 0 Å². The van der Waals surface area contributed by atoms with Gasteiger partial charge >= 0.3 is 0 Å². The molecule has 0 fully saturated rings. The summed E-state index contributed by atoms with van der Waals surface area (Å²) in [6, 6.07) is 26.0. The maximum atomic E-state index is 4.15. The molecule has 0 aromatic heterocycles. The first-order valence-electron chi connectivity index (χ1n) is 6.93. The minimum Gasteiger partial charge on any atom is -0.106 e. The quantitative estimate of drug-likeness (QED) is 0.638. The van der Waals surface area contributed by atoms with E-state index in [1.54, 1.807) is 0 Å². The first-order chi connectivity index (χ1) is 9.75. The number of hydrogen-bond acceptors (Lipinski definition) is 0. The second-order valence-electron chi connectivity index (χ2n) is 5.30. The second-order valence-corrected chi connectivity index (χ2v) is 9.23. The lowest BCUT2D eigenvalue weighted by molar-refractivity contribution is 1.71. The van der Waals surface area contributed by atoms with E-state index in [-0.39, 0.29) is 0 Å². The van der Waals surface area contributed by atoms with E-state index in [0.717, 1.165) is 0 Å². The van der Waals surface area contributed by atoms with Crippen molar-refractivity contribution in [3.8, 4) is 0 Å². The Balaban J connectivity index is 2.30. The van der Waals surface area contributed by atoms with Gasteiger partial charge in [0.05, 0.1) is 0 Å². The molecule has 0 N–H and O–H groups in total. The molecular weight excluding hydrogens is 256 g/mol. The third-order valence-corrected chi connectivity index (χ3v) is 8.04. The van der Waals surface area contributed by atoms with E-state index in [9.17, 15) is 0 Å². The third kappa shape index (κ3) is 2.00. The van der Waals surface area contributed by atoms with Crippen LogP contribution in [0.2, 0.25) is 6.55 Å². The first-order valence-corrected chi connectivity index (χ1v) is 9.51. The van der Waals surface area contributed by atoms with Crippen molar-refractivity contribution in [2.45, 2.75) is 6.55 Å². The number of benzene rings is 3. The Morgan fingerprint density at radius 3 is 2.20 bits per heavy atom. The van der Waals surface area contributed by atoms with E-state index >= 15 is 0 Å². The zero-order valence-corrected chi connectivity index (χ0v) is 12.7. The van der Waals surface area contributed by atoms with Gasteiger partial charge in [-0.15, -0.1) is 6.58 Å². The highest BCUT2D eigenvalue weighted by atomic mass is 28.3. The molecule has 3 aromatic carbocycles. The van der Waals surface area contributed by atoms with Gasteiger partial charge < -0.3 is 0 Å². The van der Waals surface area contributed by atoms with Crippen LogP contribution in [0.4, 0.5) is 0 Å². The van der Waals surface area contributed by atoms with Crippen LogP contribution >= 0.6 is 0 Å². The van der Waals surface area contributed by atoms with Gasteiger partial charge in [0.2, 0.25) is 0 Å². The first kappa shape index (κ1) is 12.9. The summed E-state index contributed by atoms with van der Waals surface area (Å²) >= 11 is 0. The standard InChI is InChI=1S/C19H18Si/c1-3-20(2,17-12-5-4-6-13-17)19-15-9-11-16-10-7-8-14-18(16)19/h3-15H,1H2,2H3/t20-/m0/s1. The van der Waals surface area contributed by atoms with Gasteiger partial charge in [0.1, 0.15) is 8.07 Å². The second kappa shape index (κ2) is 5.10. The van der Waals surface area contributed by atoms with E-state index in [1.165, 1.54) is 21.1 Å². The molecule has 1 heteroatoms. The van der Waals surface area contributed by atoms with Crippen molar-refractivity contribution >= 4 is 29.2 Å². The van der Waals surface area contributed by atoms with Gasteiger partial charge in [-0.1, -0.05) is 90.2 Å². The van der Waals surface area contributed by atoms with E-state index in [4.69, 9.17) is 0 Å². The van der Waals surface area contributed by atoms with Gasteiger partial charge in [0.25, 0.3) is 0 Å². The van der Waals surface area contributed by atoms with E-state index < -0.39 is 8.07 Å². The van der Waals surface area contributed by atoms with Gasteiger partial charge in [0, 0.05) is 0 Å². The zero-order chi connectivity index (χ0) is 14.0. The molecule has 0 nitrogen and oxygen atoms in total. The van der Waals surface area contributed by atoms with Crippen LogP contribution in [0.3, 0.4) is 0 Å². The van der Waals surface area contributed by atoms with Crippen molar-refractivity contribution in [1.82, 2.24) is 0 Å². The summed E-state index contributed by atoms with van der Waals surface area (Å²) in [5.74, 6) is 0. The normalized spacial score (nSPS) is 13.8. The molecule has 98 valence electrons. The molecule has 0 saturated carbocycles. The highest BCUT2D eigenvalue weighted by Gasteiger charge is 2.29. The van der Waals surface area contributed by atoms with Crippen LogP contribution in [0, 0.1) is 0 Å². The van der Waals surface area contributed by atoms with Gasteiger partial charge in [-0.25, -0.2) is 0 Å². The molecule has 0 aliphatic carbocycles. The molecule has 3 rings (SSSR count). The average molecular weight is 274 g/mol. The van der Waals surface area contributed by atoms with Crippen molar-refractivity contribution in [3.63, 3.8) is 0 Å². The molecule has 0 aliphatic heterocycles. The summed E-state index contributed by atoms with van der Waals surface area (Å²) in [6.07, 6.45) is 0. The average Bonchev–Trinajstić information content (AvgIpc) is 2.54. The Labute approximate surface area is 121 Å². The molecule has 0 saturated heterocycles. The maximum Gasteiger partial charge on any atom is 0.138 e. The smallest absolute Gasteiger partial charge is 0.106 e. The van der Waals surface area contributed by atoms with Crippen molar-refractivity contribution in [1.29, 1.82) is 0 Å². The van der Waals surface area contributed by atoms with E-state index in [0.29, 0.717) is 0 Å². The van der Waals surface area contributed by atoms with Crippen LogP contribution in [-0.2, 0) is 0 Å². The summed E-state index contributed by atoms with van der Waals surface area (Å²) in [6.45, 7) is 6.53. The number of hydrogen-bond donors (Lipinski definition) is 0. The van der Waals surface area contributed by atoms with Crippen LogP contribution in [0.15, 0.2) is 85.1 Å². The van der Waals surface area contributed by atoms with Crippen molar-refractivity contribution in [2.24, 2.45) is 0 Å². The van der Waals surface area contributed by atoms with Gasteiger partial charge in [-0.2, -0.15) is 0 Å². The van der Waals surface area contributed by atoms with Crippen LogP contribution in [-0.4, -0.2) is 8.07 Å². The molecule has 0 unspecified atom stereocenters. The monoisotopic (exact) mass is 274 g/mol. The lowest BCUT2D eigenvalue weighted by Gasteiger charge is -2.26. The summed E-state index contributed by atoms with van der Waals surface area (Å²) in [5, 5.41) is 5.51. The lowest BCUT2D eigenvalue weighted by Crippen LogP contribution is -2.54. The minimum atomic E-state index is -1.88. The van der Waals surface area contributed by atoms with E-state index in [1.807, 2.05) is 0 Å². The largest absolute Gasteiger partial charge is 0.138 e. The number of rotatable bonds is 3.